The highest BCUT2D eigenvalue weighted by Gasteiger charge is 2.25. The van der Waals surface area contributed by atoms with Gasteiger partial charge in [0.2, 0.25) is 0 Å². The van der Waals surface area contributed by atoms with E-state index in [9.17, 15) is 14.3 Å². The molecule has 0 spiro atoms. The van der Waals surface area contributed by atoms with E-state index in [1.807, 2.05) is 0 Å². The van der Waals surface area contributed by atoms with E-state index in [1.54, 1.807) is 6.07 Å². The van der Waals surface area contributed by atoms with Gasteiger partial charge in [-0.15, -0.1) is 0 Å². The summed E-state index contributed by atoms with van der Waals surface area (Å²) in [7, 11) is 0. The number of aliphatic hydroxyl groups excluding tert-OH is 1. The summed E-state index contributed by atoms with van der Waals surface area (Å²) in [5, 5.41) is 15.2. The molecule has 126 valence electrons. The number of urea groups is 1. The van der Waals surface area contributed by atoms with Crippen LogP contribution in [0, 0.1) is 11.7 Å². The Balaban J connectivity index is 1.57. The molecule has 3 N–H and O–H groups in total. The first-order valence-electron chi connectivity index (χ1n) is 8.40. The molecule has 2 aliphatic rings. The van der Waals surface area contributed by atoms with Crippen molar-refractivity contribution in [2.24, 2.45) is 5.92 Å². The minimum Gasteiger partial charge on any atom is -0.393 e. The van der Waals surface area contributed by atoms with E-state index in [0.717, 1.165) is 50.9 Å². The molecule has 1 aliphatic heterocycles. The maximum atomic E-state index is 13.8. The number of aliphatic hydroxyl groups is 1. The molecule has 2 amide bonds. The Morgan fingerprint density at radius 2 is 2.00 bits per heavy atom. The third-order valence-electron chi connectivity index (χ3n) is 4.76. The van der Waals surface area contributed by atoms with Crippen molar-refractivity contribution in [3.63, 3.8) is 0 Å². The minimum atomic E-state index is -0.359. The highest BCUT2D eigenvalue weighted by molar-refractivity contribution is 5.89. The van der Waals surface area contributed by atoms with Gasteiger partial charge in [-0.25, -0.2) is 9.18 Å². The fourth-order valence-electron chi connectivity index (χ4n) is 3.46. The van der Waals surface area contributed by atoms with Crippen LogP contribution in [0.5, 0.6) is 0 Å². The highest BCUT2D eigenvalue weighted by atomic mass is 19.1. The number of nitrogens with one attached hydrogen (secondary N) is 2. The smallest absolute Gasteiger partial charge is 0.319 e. The van der Waals surface area contributed by atoms with Crippen LogP contribution in [0.4, 0.5) is 20.6 Å². The molecule has 6 heteroatoms. The van der Waals surface area contributed by atoms with Crippen LogP contribution in [0.3, 0.4) is 0 Å². The van der Waals surface area contributed by atoms with Crippen LogP contribution in [0.15, 0.2) is 18.2 Å². The lowest BCUT2D eigenvalue weighted by Gasteiger charge is -2.19. The zero-order valence-electron chi connectivity index (χ0n) is 13.2. The Morgan fingerprint density at radius 1 is 1.22 bits per heavy atom. The monoisotopic (exact) mass is 321 g/mol. The number of rotatable bonds is 4. The predicted molar refractivity (Wildman–Crippen MR) is 88.2 cm³/mol. The zero-order chi connectivity index (χ0) is 16.2. The van der Waals surface area contributed by atoms with Gasteiger partial charge in [0, 0.05) is 36.9 Å². The van der Waals surface area contributed by atoms with E-state index < -0.39 is 0 Å². The fourth-order valence-corrected chi connectivity index (χ4v) is 3.46. The molecule has 0 bridgehead atoms. The first-order valence-corrected chi connectivity index (χ1v) is 8.40. The van der Waals surface area contributed by atoms with Crippen molar-refractivity contribution in [1.82, 2.24) is 5.32 Å². The van der Waals surface area contributed by atoms with Crippen LogP contribution in [-0.4, -0.2) is 36.9 Å². The normalized spacial score (nSPS) is 24.0. The first-order chi connectivity index (χ1) is 11.1. The Morgan fingerprint density at radius 3 is 2.70 bits per heavy atom. The molecule has 3 rings (SSSR count). The molecule has 1 aliphatic carbocycles. The SMILES string of the molecule is O=C(NC[C@H]1CCC[C@@H]1O)Nc1cc(F)cc(N2CCCC2)c1. The van der Waals surface area contributed by atoms with Crippen molar-refractivity contribution in [2.75, 3.05) is 29.9 Å². The molecule has 23 heavy (non-hydrogen) atoms. The summed E-state index contributed by atoms with van der Waals surface area (Å²) < 4.78 is 13.8. The summed E-state index contributed by atoms with van der Waals surface area (Å²) in [5.41, 5.74) is 1.26. The van der Waals surface area contributed by atoms with Gasteiger partial charge in [0.15, 0.2) is 0 Å². The molecular weight excluding hydrogens is 297 g/mol. The summed E-state index contributed by atoms with van der Waals surface area (Å²) in [4.78, 5) is 14.1. The van der Waals surface area contributed by atoms with E-state index in [4.69, 9.17) is 0 Å². The summed E-state index contributed by atoms with van der Waals surface area (Å²) in [6.07, 6.45) is 4.63. The highest BCUT2D eigenvalue weighted by Crippen LogP contribution is 2.26. The van der Waals surface area contributed by atoms with Gasteiger partial charge < -0.3 is 20.6 Å². The Bertz CT molecular complexity index is 561. The Labute approximate surface area is 135 Å². The Hall–Kier alpha value is -1.82. The average molecular weight is 321 g/mol. The van der Waals surface area contributed by atoms with Crippen molar-refractivity contribution >= 4 is 17.4 Å². The number of carbonyl (C=O) groups is 1. The van der Waals surface area contributed by atoms with E-state index in [0.29, 0.717) is 12.2 Å². The summed E-state index contributed by atoms with van der Waals surface area (Å²) in [6.45, 7) is 2.30. The molecule has 1 saturated carbocycles. The topological polar surface area (TPSA) is 64.6 Å². The first kappa shape index (κ1) is 16.1. The molecule has 1 saturated heterocycles. The number of anilines is 2. The number of nitrogens with zero attached hydrogens (tertiary/aromatic N) is 1. The van der Waals surface area contributed by atoms with Gasteiger partial charge in [-0.3, -0.25) is 0 Å². The quantitative estimate of drug-likeness (QED) is 0.799. The predicted octanol–water partition coefficient (Wildman–Crippen LogP) is 2.71. The van der Waals surface area contributed by atoms with E-state index in [1.165, 1.54) is 12.1 Å². The molecule has 0 radical (unpaired) electrons. The van der Waals surface area contributed by atoms with Gasteiger partial charge in [0.25, 0.3) is 0 Å². The van der Waals surface area contributed by atoms with E-state index in [-0.39, 0.29) is 23.9 Å². The molecule has 1 heterocycles. The van der Waals surface area contributed by atoms with Gasteiger partial charge >= 0.3 is 6.03 Å². The third-order valence-corrected chi connectivity index (χ3v) is 4.76. The number of halogens is 1. The van der Waals surface area contributed by atoms with Crippen molar-refractivity contribution in [3.8, 4) is 0 Å². The second-order valence-corrected chi connectivity index (χ2v) is 6.49. The molecule has 0 unspecified atom stereocenters. The van der Waals surface area contributed by atoms with Gasteiger partial charge in [0.1, 0.15) is 5.82 Å². The summed E-state index contributed by atoms with van der Waals surface area (Å²) >= 11 is 0. The Kier molecular flexibility index (Phi) is 5.00. The number of amides is 2. The second-order valence-electron chi connectivity index (χ2n) is 6.49. The fraction of sp³-hybridized carbons (Fsp3) is 0.588. The van der Waals surface area contributed by atoms with Gasteiger partial charge in [-0.05, 0) is 43.9 Å². The van der Waals surface area contributed by atoms with Crippen LogP contribution in [0.2, 0.25) is 0 Å². The largest absolute Gasteiger partial charge is 0.393 e. The lowest BCUT2D eigenvalue weighted by atomic mass is 10.1. The second kappa shape index (κ2) is 7.17. The number of benzene rings is 1. The van der Waals surface area contributed by atoms with Gasteiger partial charge in [0.05, 0.1) is 6.10 Å². The van der Waals surface area contributed by atoms with Crippen LogP contribution in [0.1, 0.15) is 32.1 Å². The minimum absolute atomic E-state index is 0.119. The average Bonchev–Trinajstić information content (AvgIpc) is 3.16. The van der Waals surface area contributed by atoms with Gasteiger partial charge in [-0.1, -0.05) is 6.42 Å². The number of hydrogen-bond donors (Lipinski definition) is 3. The number of hydrogen-bond acceptors (Lipinski definition) is 3. The lowest BCUT2D eigenvalue weighted by molar-refractivity contribution is 0.133. The molecule has 0 aromatic heterocycles. The molecule has 5 nitrogen and oxygen atoms in total. The maximum absolute atomic E-state index is 13.8. The van der Waals surface area contributed by atoms with Crippen molar-refractivity contribution in [1.29, 1.82) is 0 Å². The molecule has 2 fully saturated rings. The van der Waals surface area contributed by atoms with Crippen LogP contribution in [0.25, 0.3) is 0 Å². The lowest BCUT2D eigenvalue weighted by Crippen LogP contribution is -2.35. The van der Waals surface area contributed by atoms with Crippen LogP contribution < -0.4 is 15.5 Å². The van der Waals surface area contributed by atoms with Crippen LogP contribution >= 0.6 is 0 Å². The van der Waals surface area contributed by atoms with Crippen molar-refractivity contribution < 1.29 is 14.3 Å². The molecular formula is C17H24FN3O2. The zero-order valence-corrected chi connectivity index (χ0v) is 13.2. The van der Waals surface area contributed by atoms with Crippen molar-refractivity contribution in [3.05, 3.63) is 24.0 Å². The van der Waals surface area contributed by atoms with Crippen molar-refractivity contribution in [2.45, 2.75) is 38.2 Å². The van der Waals surface area contributed by atoms with Gasteiger partial charge in [-0.2, -0.15) is 0 Å². The summed E-state index contributed by atoms with van der Waals surface area (Å²) in [5.74, 6) is -0.232. The molecule has 1 aromatic rings. The van der Waals surface area contributed by atoms with Crippen LogP contribution in [-0.2, 0) is 0 Å². The standard InChI is InChI=1S/C17H24FN3O2/c18-13-8-14(10-15(9-13)21-6-1-2-7-21)20-17(23)19-11-12-4-3-5-16(12)22/h8-10,12,16,22H,1-7,11H2,(H2,19,20,23)/t12-,16+/m1/s1. The van der Waals surface area contributed by atoms with E-state index in [2.05, 4.69) is 15.5 Å². The maximum Gasteiger partial charge on any atom is 0.319 e. The molecule has 2 atom stereocenters. The third kappa shape index (κ3) is 4.13. The summed E-state index contributed by atoms with van der Waals surface area (Å²) in [6, 6.07) is 4.27. The number of carbonyl (C=O) groups excluding carboxylic acids is 1. The molecule has 1 aromatic carbocycles. The van der Waals surface area contributed by atoms with E-state index >= 15 is 0 Å².